The summed E-state index contributed by atoms with van der Waals surface area (Å²) in [4.78, 5) is 28.8. The average Bonchev–Trinajstić information content (AvgIpc) is 2.59. The van der Waals surface area contributed by atoms with E-state index in [4.69, 9.17) is 5.11 Å². The number of halogens is 1. The number of carbonyl (C=O) groups excluding carboxylic acids is 1. The van der Waals surface area contributed by atoms with Gasteiger partial charge in [0.05, 0.1) is 0 Å². The molecule has 1 amide bonds. The van der Waals surface area contributed by atoms with E-state index in [0.29, 0.717) is 39.1 Å². The number of anilines is 1. The summed E-state index contributed by atoms with van der Waals surface area (Å²) < 4.78 is 13.0. The largest absolute Gasteiger partial charge is 0.480 e. The van der Waals surface area contributed by atoms with Crippen molar-refractivity contribution >= 4 is 17.6 Å². The lowest BCUT2D eigenvalue weighted by atomic mass is 10.2. The number of piperazine rings is 1. The third-order valence-electron chi connectivity index (χ3n) is 4.52. The molecule has 1 heterocycles. The second-order valence-electron chi connectivity index (χ2n) is 6.09. The van der Waals surface area contributed by atoms with Gasteiger partial charge in [-0.15, -0.1) is 0 Å². The van der Waals surface area contributed by atoms with Crippen LogP contribution in [-0.2, 0) is 9.59 Å². The Hall–Kier alpha value is -2.15. The van der Waals surface area contributed by atoms with Crippen LogP contribution in [0.15, 0.2) is 24.3 Å². The standard InChI is InChI=1S/C17H24FN3O3/c1-13(17(23)24)19(2)8-7-16(22)21-11-9-20(10-12-21)15-5-3-14(18)4-6-15/h3-6,13H,7-12H2,1-2H3,(H,23,24). The number of hydrogen-bond acceptors (Lipinski definition) is 4. The summed E-state index contributed by atoms with van der Waals surface area (Å²) in [5.41, 5.74) is 0.957. The van der Waals surface area contributed by atoms with E-state index in [-0.39, 0.29) is 11.7 Å². The van der Waals surface area contributed by atoms with Crippen LogP contribution in [0.5, 0.6) is 0 Å². The van der Waals surface area contributed by atoms with Crippen LogP contribution in [0.1, 0.15) is 13.3 Å². The van der Waals surface area contributed by atoms with E-state index in [0.717, 1.165) is 5.69 Å². The van der Waals surface area contributed by atoms with Gasteiger partial charge in [0, 0.05) is 44.8 Å². The molecule has 1 aromatic carbocycles. The number of aliphatic carboxylic acids is 1. The van der Waals surface area contributed by atoms with E-state index in [9.17, 15) is 14.0 Å². The fourth-order valence-corrected chi connectivity index (χ4v) is 2.68. The molecule has 0 aromatic heterocycles. The first-order chi connectivity index (χ1) is 11.4. The maximum atomic E-state index is 13.0. The van der Waals surface area contributed by atoms with Gasteiger partial charge in [-0.2, -0.15) is 0 Å². The smallest absolute Gasteiger partial charge is 0.320 e. The predicted molar refractivity (Wildman–Crippen MR) is 89.5 cm³/mol. The molecule has 1 unspecified atom stereocenters. The average molecular weight is 337 g/mol. The number of rotatable bonds is 6. The SMILES string of the molecule is CC(C(=O)O)N(C)CCC(=O)N1CCN(c2ccc(F)cc2)CC1. The van der Waals surface area contributed by atoms with Gasteiger partial charge in [0.1, 0.15) is 11.9 Å². The Kier molecular flexibility index (Phi) is 6.14. The van der Waals surface area contributed by atoms with Crippen LogP contribution in [0.25, 0.3) is 0 Å². The normalized spacial score (nSPS) is 16.3. The van der Waals surface area contributed by atoms with E-state index in [1.807, 2.05) is 0 Å². The highest BCUT2D eigenvalue weighted by atomic mass is 19.1. The molecule has 2 rings (SSSR count). The van der Waals surface area contributed by atoms with Crippen molar-refractivity contribution in [3.05, 3.63) is 30.1 Å². The van der Waals surface area contributed by atoms with Gasteiger partial charge < -0.3 is 14.9 Å². The van der Waals surface area contributed by atoms with Crippen molar-refractivity contribution in [3.63, 3.8) is 0 Å². The number of carboxylic acid groups (broad SMARTS) is 1. The third kappa shape index (κ3) is 4.67. The Morgan fingerprint density at radius 3 is 2.33 bits per heavy atom. The first-order valence-electron chi connectivity index (χ1n) is 8.10. The summed E-state index contributed by atoms with van der Waals surface area (Å²) in [5.74, 6) is -1.11. The van der Waals surface area contributed by atoms with Gasteiger partial charge in [0.25, 0.3) is 0 Å². The molecule has 1 fully saturated rings. The van der Waals surface area contributed by atoms with Crippen LogP contribution in [0, 0.1) is 5.82 Å². The first kappa shape index (κ1) is 18.2. The molecule has 0 aliphatic carbocycles. The molecule has 1 atom stereocenters. The van der Waals surface area contributed by atoms with Gasteiger partial charge in [-0.3, -0.25) is 14.5 Å². The fraction of sp³-hybridized carbons (Fsp3) is 0.529. The molecule has 7 heteroatoms. The van der Waals surface area contributed by atoms with Gasteiger partial charge in [-0.25, -0.2) is 4.39 Å². The molecule has 0 bridgehead atoms. The summed E-state index contributed by atoms with van der Waals surface area (Å²) in [6.45, 7) is 4.68. The zero-order chi connectivity index (χ0) is 17.7. The van der Waals surface area contributed by atoms with Crippen LogP contribution in [0.4, 0.5) is 10.1 Å². The lowest BCUT2D eigenvalue weighted by Crippen LogP contribution is -2.49. The Balaban J connectivity index is 1.78. The molecule has 0 radical (unpaired) electrons. The Morgan fingerprint density at radius 2 is 1.79 bits per heavy atom. The van der Waals surface area contributed by atoms with Crippen molar-refractivity contribution in [2.75, 3.05) is 44.7 Å². The predicted octanol–water partition coefficient (Wildman–Crippen LogP) is 1.27. The van der Waals surface area contributed by atoms with Crippen LogP contribution in [-0.4, -0.2) is 72.6 Å². The number of carbonyl (C=O) groups is 2. The molecule has 24 heavy (non-hydrogen) atoms. The highest BCUT2D eigenvalue weighted by Crippen LogP contribution is 2.17. The van der Waals surface area contributed by atoms with Crippen molar-refractivity contribution < 1.29 is 19.1 Å². The number of likely N-dealkylation sites (N-methyl/N-ethyl adjacent to an activating group) is 1. The monoisotopic (exact) mass is 337 g/mol. The van der Waals surface area contributed by atoms with Crippen molar-refractivity contribution in [1.29, 1.82) is 0 Å². The number of hydrogen-bond donors (Lipinski definition) is 1. The van der Waals surface area contributed by atoms with Crippen LogP contribution >= 0.6 is 0 Å². The summed E-state index contributed by atoms with van der Waals surface area (Å²) in [7, 11) is 1.71. The third-order valence-corrected chi connectivity index (χ3v) is 4.52. The van der Waals surface area contributed by atoms with Crippen molar-refractivity contribution in [3.8, 4) is 0 Å². The summed E-state index contributed by atoms with van der Waals surface area (Å²) >= 11 is 0. The molecule has 1 N–H and O–H groups in total. The van der Waals surface area contributed by atoms with E-state index >= 15 is 0 Å². The van der Waals surface area contributed by atoms with E-state index in [1.165, 1.54) is 12.1 Å². The van der Waals surface area contributed by atoms with Crippen LogP contribution in [0.3, 0.4) is 0 Å². The number of benzene rings is 1. The number of nitrogens with zero attached hydrogens (tertiary/aromatic N) is 3. The van der Waals surface area contributed by atoms with Crippen molar-refractivity contribution in [2.45, 2.75) is 19.4 Å². The van der Waals surface area contributed by atoms with Crippen molar-refractivity contribution in [2.24, 2.45) is 0 Å². The van der Waals surface area contributed by atoms with Crippen LogP contribution in [0.2, 0.25) is 0 Å². The van der Waals surface area contributed by atoms with E-state index < -0.39 is 12.0 Å². The molecule has 1 saturated heterocycles. The molecular formula is C17H24FN3O3. The summed E-state index contributed by atoms with van der Waals surface area (Å²) in [6.07, 6.45) is 0.310. The second kappa shape index (κ2) is 8.10. The molecular weight excluding hydrogens is 313 g/mol. The molecule has 1 aromatic rings. The first-order valence-corrected chi connectivity index (χ1v) is 8.10. The fourth-order valence-electron chi connectivity index (χ4n) is 2.68. The minimum absolute atomic E-state index is 0.0400. The molecule has 0 saturated carbocycles. The topological polar surface area (TPSA) is 64.1 Å². The van der Waals surface area contributed by atoms with Gasteiger partial charge in [-0.05, 0) is 38.2 Å². The highest BCUT2D eigenvalue weighted by molar-refractivity contribution is 5.77. The van der Waals surface area contributed by atoms with Gasteiger partial charge in [0.2, 0.25) is 5.91 Å². The van der Waals surface area contributed by atoms with Gasteiger partial charge in [0.15, 0.2) is 0 Å². The second-order valence-corrected chi connectivity index (χ2v) is 6.09. The minimum atomic E-state index is -0.891. The number of carboxylic acids is 1. The Morgan fingerprint density at radius 1 is 1.21 bits per heavy atom. The van der Waals surface area contributed by atoms with E-state index in [2.05, 4.69) is 4.90 Å². The maximum absolute atomic E-state index is 13.0. The Labute approximate surface area is 141 Å². The lowest BCUT2D eigenvalue weighted by molar-refractivity contribution is -0.143. The van der Waals surface area contributed by atoms with Gasteiger partial charge in [-0.1, -0.05) is 0 Å². The molecule has 0 spiro atoms. The summed E-state index contributed by atoms with van der Waals surface area (Å²) in [6, 6.07) is 5.76. The number of amides is 1. The minimum Gasteiger partial charge on any atom is -0.480 e. The van der Waals surface area contributed by atoms with Crippen molar-refractivity contribution in [1.82, 2.24) is 9.80 Å². The lowest BCUT2D eigenvalue weighted by Gasteiger charge is -2.36. The zero-order valence-corrected chi connectivity index (χ0v) is 14.1. The van der Waals surface area contributed by atoms with Gasteiger partial charge >= 0.3 is 5.97 Å². The highest BCUT2D eigenvalue weighted by Gasteiger charge is 2.23. The Bertz CT molecular complexity index is 571. The molecule has 132 valence electrons. The van der Waals surface area contributed by atoms with Crippen LogP contribution < -0.4 is 4.90 Å². The molecule has 1 aliphatic heterocycles. The summed E-state index contributed by atoms with van der Waals surface area (Å²) in [5, 5.41) is 8.95. The maximum Gasteiger partial charge on any atom is 0.320 e. The zero-order valence-electron chi connectivity index (χ0n) is 14.1. The quantitative estimate of drug-likeness (QED) is 0.847. The molecule has 1 aliphatic rings. The van der Waals surface area contributed by atoms with E-state index in [1.54, 1.807) is 35.9 Å². The molecule has 6 nitrogen and oxygen atoms in total.